The van der Waals surface area contributed by atoms with Gasteiger partial charge < -0.3 is 4.74 Å². The zero-order chi connectivity index (χ0) is 4.12. The van der Waals surface area contributed by atoms with Gasteiger partial charge >= 0.3 is 0 Å². The Kier molecular flexibility index (Phi) is 72.2. The van der Waals surface area contributed by atoms with Crippen LogP contribution < -0.4 is 0 Å². The number of ether oxygens (including phenoxy) is 1. The lowest BCUT2D eigenvalue weighted by molar-refractivity contribution is 0.162. The summed E-state index contributed by atoms with van der Waals surface area (Å²) in [6.07, 6.45) is 0. The molecule has 0 rings (SSSR count). The Labute approximate surface area is 69.4 Å². The Morgan fingerprint density at radius 2 is 1.12 bits per heavy atom. The summed E-state index contributed by atoms with van der Waals surface area (Å²) in [5, 5.41) is 0. The van der Waals surface area contributed by atoms with Gasteiger partial charge in [0, 0.05) is 13.2 Å². The highest BCUT2D eigenvalue weighted by Gasteiger charge is 1.64. The largest absolute Gasteiger partial charge is 0.382 e. The van der Waals surface area contributed by atoms with E-state index in [0.717, 1.165) is 13.2 Å². The maximum atomic E-state index is 4.83. The summed E-state index contributed by atoms with van der Waals surface area (Å²) in [7, 11) is 0. The van der Waals surface area contributed by atoms with Gasteiger partial charge in [-0.2, -0.15) is 0 Å². The normalized spacial score (nSPS) is 5.25. The van der Waals surface area contributed by atoms with Crippen LogP contribution in [0, 0.1) is 0 Å². The number of rotatable bonds is 2. The molecule has 8 heavy (non-hydrogen) atoms. The van der Waals surface area contributed by atoms with Crippen LogP contribution in [0.4, 0.5) is 0 Å². The van der Waals surface area contributed by atoms with Crippen LogP contribution in [0.3, 0.4) is 0 Å². The third-order valence-electron chi connectivity index (χ3n) is 0.408. The molecule has 0 saturated carbocycles. The molecule has 0 atom stereocenters. The molecule has 0 aromatic heterocycles. The molecule has 4 heteroatoms. The minimum absolute atomic E-state index is 0. The van der Waals surface area contributed by atoms with Crippen LogP contribution in [0.5, 0.6) is 0 Å². The molecule has 0 heterocycles. The van der Waals surface area contributed by atoms with Crippen molar-refractivity contribution in [3.05, 3.63) is 0 Å². The standard InChI is InChI=1S/C4H10O.3ClH/c1-3-5-4-2;;;/h3-4H2,1-2H3;3*1H. The molecule has 0 N–H and O–H groups in total. The summed E-state index contributed by atoms with van der Waals surface area (Å²) in [5.74, 6) is 0. The van der Waals surface area contributed by atoms with E-state index >= 15 is 0 Å². The summed E-state index contributed by atoms with van der Waals surface area (Å²) in [6, 6.07) is 0. The molecule has 0 radical (unpaired) electrons. The predicted octanol–water partition coefficient (Wildman–Crippen LogP) is 2.31. The second-order valence-electron chi connectivity index (χ2n) is 0.781. The molecule has 0 aromatic rings. The Hall–Kier alpha value is 0.830. The fourth-order valence-electron chi connectivity index (χ4n) is 0.204. The minimum Gasteiger partial charge on any atom is -0.382 e. The summed E-state index contributed by atoms with van der Waals surface area (Å²) in [4.78, 5) is 0. The van der Waals surface area contributed by atoms with Crippen molar-refractivity contribution in [1.82, 2.24) is 0 Å². The Morgan fingerprint density at radius 1 is 0.875 bits per heavy atom. The van der Waals surface area contributed by atoms with Crippen molar-refractivity contribution in [3.8, 4) is 0 Å². The molecule has 0 amide bonds. The highest BCUT2D eigenvalue weighted by atomic mass is 35.5. The number of hydrogen-bond donors (Lipinski definition) is 0. The Morgan fingerprint density at radius 3 is 1.12 bits per heavy atom. The molecular formula is C4H13Cl3O. The van der Waals surface area contributed by atoms with Gasteiger partial charge in [-0.3, -0.25) is 0 Å². The molecule has 1 nitrogen and oxygen atoms in total. The van der Waals surface area contributed by atoms with E-state index in [-0.39, 0.29) is 37.2 Å². The van der Waals surface area contributed by atoms with Crippen LogP contribution >= 0.6 is 37.2 Å². The molecule has 0 unspecified atom stereocenters. The first-order valence-corrected chi connectivity index (χ1v) is 1.99. The van der Waals surface area contributed by atoms with Crippen LogP contribution in [-0.2, 0) is 4.74 Å². The van der Waals surface area contributed by atoms with Crippen molar-refractivity contribution in [3.63, 3.8) is 0 Å². The van der Waals surface area contributed by atoms with Gasteiger partial charge in [0.1, 0.15) is 0 Å². The summed E-state index contributed by atoms with van der Waals surface area (Å²) in [6.45, 7) is 5.67. The number of halogens is 3. The Bertz CT molecular complexity index is 18.8. The average molecular weight is 184 g/mol. The van der Waals surface area contributed by atoms with Crippen molar-refractivity contribution < 1.29 is 4.74 Å². The van der Waals surface area contributed by atoms with E-state index in [0.29, 0.717) is 0 Å². The lowest BCUT2D eigenvalue weighted by Crippen LogP contribution is -1.84. The quantitative estimate of drug-likeness (QED) is 0.638. The van der Waals surface area contributed by atoms with E-state index in [1.807, 2.05) is 13.8 Å². The molecule has 0 aliphatic carbocycles. The van der Waals surface area contributed by atoms with E-state index < -0.39 is 0 Å². The van der Waals surface area contributed by atoms with E-state index in [1.54, 1.807) is 0 Å². The lowest BCUT2D eigenvalue weighted by atomic mass is 10.8. The van der Waals surface area contributed by atoms with Gasteiger partial charge in [-0.05, 0) is 13.8 Å². The summed E-state index contributed by atoms with van der Waals surface area (Å²) >= 11 is 0. The van der Waals surface area contributed by atoms with Crippen molar-refractivity contribution in [2.45, 2.75) is 13.8 Å². The van der Waals surface area contributed by atoms with Crippen LogP contribution in [-0.4, -0.2) is 13.2 Å². The summed E-state index contributed by atoms with van der Waals surface area (Å²) < 4.78 is 4.83. The smallest absolute Gasteiger partial charge is 0.0437 e. The van der Waals surface area contributed by atoms with Crippen LogP contribution in [0.2, 0.25) is 0 Å². The van der Waals surface area contributed by atoms with Gasteiger partial charge in [0.05, 0.1) is 0 Å². The minimum atomic E-state index is 0. The van der Waals surface area contributed by atoms with Crippen molar-refractivity contribution in [2.75, 3.05) is 13.2 Å². The van der Waals surface area contributed by atoms with Gasteiger partial charge in [0.25, 0.3) is 0 Å². The molecule has 0 aliphatic heterocycles. The maximum absolute atomic E-state index is 4.83. The zero-order valence-electron chi connectivity index (χ0n) is 5.05. The molecule has 56 valence electrons. The molecular weight excluding hydrogens is 170 g/mol. The van der Waals surface area contributed by atoms with Crippen molar-refractivity contribution in [1.29, 1.82) is 0 Å². The monoisotopic (exact) mass is 182 g/mol. The first kappa shape index (κ1) is 23.2. The van der Waals surface area contributed by atoms with E-state index in [1.165, 1.54) is 0 Å². The fraction of sp³-hybridized carbons (Fsp3) is 1.00. The molecule has 0 fully saturated rings. The third kappa shape index (κ3) is 29.0. The van der Waals surface area contributed by atoms with Crippen molar-refractivity contribution >= 4 is 37.2 Å². The van der Waals surface area contributed by atoms with E-state index in [4.69, 9.17) is 4.74 Å². The van der Waals surface area contributed by atoms with E-state index in [2.05, 4.69) is 0 Å². The average Bonchev–Trinajstić information content (AvgIpc) is 1.41. The predicted molar refractivity (Wildman–Crippen MR) is 43.9 cm³/mol. The molecule has 0 bridgehead atoms. The fourth-order valence-corrected chi connectivity index (χ4v) is 0.204. The zero-order valence-corrected chi connectivity index (χ0v) is 7.50. The SMILES string of the molecule is CCOCC.Cl.Cl.Cl. The van der Waals surface area contributed by atoms with Gasteiger partial charge in [-0.15, -0.1) is 37.2 Å². The highest BCUT2D eigenvalue weighted by molar-refractivity contribution is 5.86. The van der Waals surface area contributed by atoms with Gasteiger partial charge in [-0.1, -0.05) is 0 Å². The topological polar surface area (TPSA) is 9.23 Å². The molecule has 0 spiro atoms. The molecule has 0 aliphatic rings. The first-order chi connectivity index (χ1) is 2.41. The van der Waals surface area contributed by atoms with Gasteiger partial charge in [0.2, 0.25) is 0 Å². The first-order valence-electron chi connectivity index (χ1n) is 1.99. The summed E-state index contributed by atoms with van der Waals surface area (Å²) in [5.41, 5.74) is 0. The van der Waals surface area contributed by atoms with Crippen LogP contribution in [0.1, 0.15) is 13.8 Å². The second kappa shape index (κ2) is 24.9. The van der Waals surface area contributed by atoms with Gasteiger partial charge in [0.15, 0.2) is 0 Å². The van der Waals surface area contributed by atoms with Gasteiger partial charge in [-0.25, -0.2) is 0 Å². The lowest BCUT2D eigenvalue weighted by Gasteiger charge is -1.86. The van der Waals surface area contributed by atoms with Crippen LogP contribution in [0.25, 0.3) is 0 Å². The molecule has 0 aromatic carbocycles. The number of hydrogen-bond acceptors (Lipinski definition) is 1. The third-order valence-corrected chi connectivity index (χ3v) is 0.408. The maximum Gasteiger partial charge on any atom is 0.0437 e. The van der Waals surface area contributed by atoms with Crippen LogP contribution in [0.15, 0.2) is 0 Å². The highest BCUT2D eigenvalue weighted by Crippen LogP contribution is 1.64. The van der Waals surface area contributed by atoms with E-state index in [9.17, 15) is 0 Å². The Balaban J connectivity index is -0.0000000267. The molecule has 0 saturated heterocycles. The second-order valence-corrected chi connectivity index (χ2v) is 0.781. The van der Waals surface area contributed by atoms with Crippen molar-refractivity contribution in [2.24, 2.45) is 0 Å².